The molecule has 2 aromatic rings. The third-order valence-electron chi connectivity index (χ3n) is 5.20. The smallest absolute Gasteiger partial charge is 0.282 e. The molecule has 1 heterocycles. The first kappa shape index (κ1) is 20.0. The molecule has 0 aliphatic carbocycles. The zero-order chi connectivity index (χ0) is 19.9. The van der Waals surface area contributed by atoms with Crippen molar-refractivity contribution in [2.24, 2.45) is 0 Å². The van der Waals surface area contributed by atoms with Gasteiger partial charge < -0.3 is 19.9 Å². The number of benzene rings is 2. The molecule has 0 saturated carbocycles. The number of para-hydroxylation sites is 1. The highest BCUT2D eigenvalue weighted by molar-refractivity contribution is 5.97. The first-order valence-electron chi connectivity index (χ1n) is 9.69. The molecule has 0 bridgehead atoms. The third-order valence-corrected chi connectivity index (χ3v) is 5.20. The van der Waals surface area contributed by atoms with Crippen LogP contribution in [-0.2, 0) is 14.3 Å². The van der Waals surface area contributed by atoms with Crippen LogP contribution in [0.1, 0.15) is 6.92 Å². The minimum atomic E-state index is -0.353. The van der Waals surface area contributed by atoms with Gasteiger partial charge in [-0.1, -0.05) is 48.5 Å². The number of carbonyl (C=O) groups excluding carboxylic acids is 2. The van der Waals surface area contributed by atoms with Crippen LogP contribution in [0, 0.1) is 0 Å². The summed E-state index contributed by atoms with van der Waals surface area (Å²) in [7, 11) is 1.88. The lowest BCUT2D eigenvalue weighted by molar-refractivity contribution is -0.886. The molecule has 0 radical (unpaired) electrons. The Kier molecular flexibility index (Phi) is 6.79. The topological polar surface area (TPSA) is 63.1 Å². The summed E-state index contributed by atoms with van der Waals surface area (Å²) in [5.41, 5.74) is 2.80. The van der Waals surface area contributed by atoms with E-state index in [0.717, 1.165) is 21.7 Å². The van der Waals surface area contributed by atoms with Gasteiger partial charge in [-0.05, 0) is 18.6 Å². The molecule has 0 aromatic heterocycles. The molecule has 28 heavy (non-hydrogen) atoms. The van der Waals surface area contributed by atoms with Crippen molar-refractivity contribution in [2.75, 3.05) is 45.2 Å². The predicted octanol–water partition coefficient (Wildman–Crippen LogP) is 1.05. The van der Waals surface area contributed by atoms with Crippen LogP contribution in [0.5, 0.6) is 0 Å². The predicted molar refractivity (Wildman–Crippen MR) is 109 cm³/mol. The van der Waals surface area contributed by atoms with Crippen LogP contribution < -0.4 is 10.2 Å². The van der Waals surface area contributed by atoms with Crippen molar-refractivity contribution < 1.29 is 19.2 Å². The summed E-state index contributed by atoms with van der Waals surface area (Å²) in [5.74, 6) is -0.0409. The maximum absolute atomic E-state index is 12.8. The number of nitrogens with zero attached hydrogens (tertiary/aromatic N) is 1. The van der Waals surface area contributed by atoms with Crippen molar-refractivity contribution in [1.29, 1.82) is 0 Å². The van der Waals surface area contributed by atoms with Gasteiger partial charge in [-0.15, -0.1) is 0 Å². The lowest BCUT2D eigenvalue weighted by atomic mass is 10.0. The van der Waals surface area contributed by atoms with Gasteiger partial charge >= 0.3 is 0 Å². The maximum Gasteiger partial charge on any atom is 0.282 e. The monoisotopic (exact) mass is 382 g/mol. The van der Waals surface area contributed by atoms with E-state index in [1.165, 1.54) is 0 Å². The number of rotatable bonds is 6. The summed E-state index contributed by atoms with van der Waals surface area (Å²) in [6.45, 7) is 4.54. The zero-order valence-electron chi connectivity index (χ0n) is 16.5. The number of carbonyl (C=O) groups is 2. The molecule has 2 amide bonds. The van der Waals surface area contributed by atoms with Gasteiger partial charge in [-0.3, -0.25) is 9.59 Å². The molecule has 2 aromatic carbocycles. The highest BCUT2D eigenvalue weighted by atomic mass is 16.5. The van der Waals surface area contributed by atoms with E-state index in [0.29, 0.717) is 26.3 Å². The zero-order valence-corrected chi connectivity index (χ0v) is 16.5. The number of morpholine rings is 1. The Hall–Kier alpha value is -2.70. The van der Waals surface area contributed by atoms with Crippen LogP contribution in [0.3, 0.4) is 0 Å². The Morgan fingerprint density at radius 3 is 2.43 bits per heavy atom. The molecule has 2 atom stereocenters. The number of amides is 2. The number of hydrogen-bond acceptors (Lipinski definition) is 3. The van der Waals surface area contributed by atoms with E-state index in [1.807, 2.05) is 73.5 Å². The molecular weight excluding hydrogens is 354 g/mol. The average molecular weight is 382 g/mol. The van der Waals surface area contributed by atoms with Crippen molar-refractivity contribution in [1.82, 2.24) is 4.90 Å². The van der Waals surface area contributed by atoms with Gasteiger partial charge in [0.05, 0.1) is 20.3 Å². The van der Waals surface area contributed by atoms with Crippen LogP contribution in [0.4, 0.5) is 5.69 Å². The van der Waals surface area contributed by atoms with Gasteiger partial charge in [0.1, 0.15) is 0 Å². The van der Waals surface area contributed by atoms with Gasteiger partial charge in [0.15, 0.2) is 12.6 Å². The van der Waals surface area contributed by atoms with E-state index < -0.39 is 0 Å². The van der Waals surface area contributed by atoms with E-state index in [-0.39, 0.29) is 24.4 Å². The largest absolute Gasteiger partial charge is 0.378 e. The van der Waals surface area contributed by atoms with Gasteiger partial charge in [0.25, 0.3) is 11.8 Å². The van der Waals surface area contributed by atoms with Crippen LogP contribution >= 0.6 is 0 Å². The molecule has 2 N–H and O–H groups in total. The van der Waals surface area contributed by atoms with E-state index in [9.17, 15) is 9.59 Å². The van der Waals surface area contributed by atoms with Crippen molar-refractivity contribution in [3.05, 3.63) is 54.6 Å². The van der Waals surface area contributed by atoms with E-state index in [1.54, 1.807) is 0 Å². The van der Waals surface area contributed by atoms with Gasteiger partial charge in [0, 0.05) is 24.3 Å². The number of nitrogens with one attached hydrogen (secondary N) is 2. The van der Waals surface area contributed by atoms with E-state index in [2.05, 4.69) is 5.32 Å². The van der Waals surface area contributed by atoms with Crippen molar-refractivity contribution in [3.8, 4) is 11.1 Å². The molecule has 1 saturated heterocycles. The molecule has 148 valence electrons. The minimum absolute atomic E-state index is 0.0603. The fourth-order valence-electron chi connectivity index (χ4n) is 3.24. The normalized spacial score (nSPS) is 16.3. The molecular formula is C22H28N3O3+. The highest BCUT2D eigenvalue weighted by Gasteiger charge is 2.27. The lowest BCUT2D eigenvalue weighted by Gasteiger charge is -2.28. The van der Waals surface area contributed by atoms with Gasteiger partial charge in [0.2, 0.25) is 0 Å². The summed E-state index contributed by atoms with van der Waals surface area (Å²) in [6, 6.07) is 17.4. The second-order valence-electron chi connectivity index (χ2n) is 7.14. The number of likely N-dealkylation sites (N-methyl/N-ethyl adjacent to an activating group) is 1. The number of ether oxygens (including phenoxy) is 1. The Labute approximate surface area is 166 Å². The first-order valence-corrected chi connectivity index (χ1v) is 9.69. The molecule has 1 fully saturated rings. The fourth-order valence-corrected chi connectivity index (χ4v) is 3.24. The maximum atomic E-state index is 12.8. The van der Waals surface area contributed by atoms with Crippen molar-refractivity contribution in [3.63, 3.8) is 0 Å². The lowest BCUT2D eigenvalue weighted by Crippen LogP contribution is -3.15. The van der Waals surface area contributed by atoms with Crippen molar-refractivity contribution >= 4 is 17.5 Å². The summed E-state index contributed by atoms with van der Waals surface area (Å²) in [6.07, 6.45) is 0. The quantitative estimate of drug-likeness (QED) is 0.785. The molecule has 1 unspecified atom stereocenters. The number of anilines is 1. The molecule has 1 aliphatic rings. The van der Waals surface area contributed by atoms with E-state index in [4.69, 9.17) is 4.74 Å². The second kappa shape index (κ2) is 9.48. The van der Waals surface area contributed by atoms with E-state index >= 15 is 0 Å². The summed E-state index contributed by atoms with van der Waals surface area (Å²) in [5, 5.41) is 3.04. The summed E-state index contributed by atoms with van der Waals surface area (Å²) >= 11 is 0. The molecule has 3 rings (SSSR count). The van der Waals surface area contributed by atoms with Crippen LogP contribution in [0.15, 0.2) is 54.6 Å². The van der Waals surface area contributed by atoms with Gasteiger partial charge in [-0.2, -0.15) is 0 Å². The standard InChI is InChI=1S/C22H27N3O3/c1-17(24(2)16-21(26)25-12-14-28-15-13-25)22(27)23-20-11-7-6-10-19(20)18-8-4-3-5-9-18/h3-11,17H,12-16H2,1-2H3,(H,23,27)/p+1/t17-/m1/s1. The highest BCUT2D eigenvalue weighted by Crippen LogP contribution is 2.27. The molecule has 0 spiro atoms. The first-order chi connectivity index (χ1) is 13.6. The van der Waals surface area contributed by atoms with Crippen LogP contribution in [0.2, 0.25) is 0 Å². The molecule has 6 heteroatoms. The van der Waals surface area contributed by atoms with Crippen LogP contribution in [-0.4, -0.2) is 62.7 Å². The Balaban J connectivity index is 1.63. The SMILES string of the molecule is C[C@H](C(=O)Nc1ccccc1-c1ccccc1)[NH+](C)CC(=O)N1CCOCC1. The Bertz CT molecular complexity index is 804. The fraction of sp³-hybridized carbons (Fsp3) is 0.364. The molecule has 6 nitrogen and oxygen atoms in total. The average Bonchev–Trinajstić information content (AvgIpc) is 2.74. The van der Waals surface area contributed by atoms with Gasteiger partial charge in [-0.25, -0.2) is 0 Å². The third kappa shape index (κ3) is 4.97. The molecule has 1 aliphatic heterocycles. The summed E-state index contributed by atoms with van der Waals surface area (Å²) < 4.78 is 5.29. The Morgan fingerprint density at radius 2 is 1.71 bits per heavy atom. The van der Waals surface area contributed by atoms with Crippen LogP contribution in [0.25, 0.3) is 11.1 Å². The van der Waals surface area contributed by atoms with Crippen molar-refractivity contribution in [2.45, 2.75) is 13.0 Å². The second-order valence-corrected chi connectivity index (χ2v) is 7.14. The summed E-state index contributed by atoms with van der Waals surface area (Å²) in [4.78, 5) is 27.9. The number of quaternary nitrogens is 1. The number of hydrogen-bond donors (Lipinski definition) is 2. The Morgan fingerprint density at radius 1 is 1.07 bits per heavy atom. The minimum Gasteiger partial charge on any atom is -0.378 e.